The first-order valence-electron chi connectivity index (χ1n) is 8.45. The summed E-state index contributed by atoms with van der Waals surface area (Å²) in [5, 5.41) is 2.31. The summed E-state index contributed by atoms with van der Waals surface area (Å²) < 4.78 is 61.8. The Morgan fingerprint density at radius 1 is 1.31 bits per heavy atom. The van der Waals surface area contributed by atoms with Gasteiger partial charge in [-0.3, -0.25) is 4.79 Å². The van der Waals surface area contributed by atoms with Crippen molar-refractivity contribution in [3.05, 3.63) is 58.4 Å². The van der Waals surface area contributed by atoms with E-state index in [1.54, 1.807) is 0 Å². The van der Waals surface area contributed by atoms with E-state index >= 15 is 0 Å². The van der Waals surface area contributed by atoms with Gasteiger partial charge in [0.15, 0.2) is 17.1 Å². The number of hydrogen-bond acceptors (Lipinski definition) is 5. The number of nitrogens with zero attached hydrogens (tertiary/aromatic N) is 2. The minimum absolute atomic E-state index is 0.00375. The first-order chi connectivity index (χ1) is 13.7. The Bertz CT molecular complexity index is 1030. The van der Waals surface area contributed by atoms with Crippen LogP contribution in [0.1, 0.15) is 22.5 Å². The standard InChI is InChI=1S/C18H13ClF4N4O2/c19-7-3-12(21)14(25-6-7)15(28)26-8-1-2-11(20)9(4-8)18(16(22)23)10-5-13(10)29-17(24)27-18/h1-4,6,10,13,16H,5H2,(H2,24,27)(H,26,28)/t10-,13+,18+/m0/s1. The molecule has 152 valence electrons. The highest BCUT2D eigenvalue weighted by Crippen LogP contribution is 2.56. The quantitative estimate of drug-likeness (QED) is 0.730. The minimum atomic E-state index is -3.07. The Kier molecular flexibility index (Phi) is 4.60. The molecule has 0 bridgehead atoms. The topological polar surface area (TPSA) is 89.6 Å². The Morgan fingerprint density at radius 3 is 2.76 bits per heavy atom. The third-order valence-electron chi connectivity index (χ3n) is 4.88. The molecular weight excluding hydrogens is 416 g/mol. The van der Waals surface area contributed by atoms with Crippen LogP contribution in [0.3, 0.4) is 0 Å². The molecule has 3 N–H and O–H groups in total. The fourth-order valence-corrected chi connectivity index (χ4v) is 3.63. The van der Waals surface area contributed by atoms with Gasteiger partial charge in [-0.1, -0.05) is 11.6 Å². The van der Waals surface area contributed by atoms with E-state index in [1.165, 1.54) is 0 Å². The number of benzene rings is 1. The third-order valence-corrected chi connectivity index (χ3v) is 5.08. The van der Waals surface area contributed by atoms with Gasteiger partial charge in [-0.05, 0) is 30.7 Å². The summed E-state index contributed by atoms with van der Waals surface area (Å²) >= 11 is 5.60. The number of amidine groups is 1. The number of rotatable bonds is 4. The predicted molar refractivity (Wildman–Crippen MR) is 95.8 cm³/mol. The number of nitrogens with one attached hydrogen (secondary N) is 1. The highest BCUT2D eigenvalue weighted by atomic mass is 35.5. The molecule has 0 radical (unpaired) electrons. The van der Waals surface area contributed by atoms with Crippen molar-refractivity contribution >= 4 is 29.2 Å². The zero-order valence-electron chi connectivity index (χ0n) is 14.5. The van der Waals surface area contributed by atoms with Gasteiger partial charge in [0.25, 0.3) is 18.4 Å². The molecule has 2 heterocycles. The van der Waals surface area contributed by atoms with E-state index < -0.39 is 58.8 Å². The van der Waals surface area contributed by atoms with Crippen molar-refractivity contribution in [2.75, 3.05) is 5.32 Å². The van der Waals surface area contributed by atoms with E-state index in [4.69, 9.17) is 22.1 Å². The number of aliphatic imine (C=N–C) groups is 1. The number of carbonyl (C=O) groups excluding carboxylic acids is 1. The second-order valence-corrected chi connectivity index (χ2v) is 7.14. The third kappa shape index (κ3) is 3.27. The van der Waals surface area contributed by atoms with Gasteiger partial charge < -0.3 is 15.8 Å². The van der Waals surface area contributed by atoms with Gasteiger partial charge in [0.05, 0.1) is 5.02 Å². The SMILES string of the molecule is NC1=N[C@@](c2cc(NC(=O)c3ncc(Cl)cc3F)ccc2F)(C(F)F)[C@H]2C[C@H]2O1. The Hall–Kier alpha value is -2.88. The van der Waals surface area contributed by atoms with Crippen molar-refractivity contribution in [2.24, 2.45) is 16.6 Å². The molecular formula is C18H13ClF4N4O2. The van der Waals surface area contributed by atoms with E-state index in [-0.39, 0.29) is 17.1 Å². The van der Waals surface area contributed by atoms with Gasteiger partial charge in [0.2, 0.25) is 0 Å². The van der Waals surface area contributed by atoms with Crippen molar-refractivity contribution < 1.29 is 27.1 Å². The zero-order chi connectivity index (χ0) is 20.9. The number of amides is 1. The van der Waals surface area contributed by atoms with Crippen LogP contribution in [0.15, 0.2) is 35.5 Å². The number of nitrogens with two attached hydrogens (primary N) is 1. The van der Waals surface area contributed by atoms with Gasteiger partial charge in [0.1, 0.15) is 11.9 Å². The number of anilines is 1. The van der Waals surface area contributed by atoms with Crippen LogP contribution in [0.25, 0.3) is 0 Å². The molecule has 0 unspecified atom stereocenters. The van der Waals surface area contributed by atoms with E-state index in [9.17, 15) is 22.4 Å². The average Bonchev–Trinajstić information content (AvgIpc) is 3.41. The molecule has 1 aliphatic heterocycles. The maximum atomic E-state index is 14.6. The molecule has 1 amide bonds. The molecule has 1 aliphatic carbocycles. The van der Waals surface area contributed by atoms with E-state index in [0.717, 1.165) is 30.5 Å². The number of alkyl halides is 2. The van der Waals surface area contributed by atoms with Crippen molar-refractivity contribution in [3.8, 4) is 0 Å². The van der Waals surface area contributed by atoms with Crippen LogP contribution in [0.5, 0.6) is 0 Å². The van der Waals surface area contributed by atoms with Gasteiger partial charge in [-0.2, -0.15) is 0 Å². The highest BCUT2D eigenvalue weighted by Gasteiger charge is 2.64. The lowest BCUT2D eigenvalue weighted by Crippen LogP contribution is -2.43. The van der Waals surface area contributed by atoms with E-state index in [2.05, 4.69) is 15.3 Å². The molecule has 1 saturated carbocycles. The number of pyridine rings is 1. The maximum Gasteiger partial charge on any atom is 0.283 e. The lowest BCUT2D eigenvalue weighted by atomic mass is 9.84. The van der Waals surface area contributed by atoms with Crippen LogP contribution in [0.2, 0.25) is 5.02 Å². The summed E-state index contributed by atoms with van der Waals surface area (Å²) in [5.74, 6) is -3.63. The van der Waals surface area contributed by atoms with Gasteiger partial charge in [-0.15, -0.1) is 0 Å². The zero-order valence-corrected chi connectivity index (χ0v) is 15.3. The summed E-state index contributed by atoms with van der Waals surface area (Å²) in [4.78, 5) is 19.6. The highest BCUT2D eigenvalue weighted by molar-refractivity contribution is 6.30. The van der Waals surface area contributed by atoms with Gasteiger partial charge in [0, 0.05) is 23.4 Å². The molecule has 29 heavy (non-hydrogen) atoms. The van der Waals surface area contributed by atoms with Crippen LogP contribution < -0.4 is 11.1 Å². The molecule has 0 saturated heterocycles. The second kappa shape index (κ2) is 6.87. The lowest BCUT2D eigenvalue weighted by Gasteiger charge is -2.33. The average molecular weight is 429 g/mol. The number of aromatic nitrogens is 1. The van der Waals surface area contributed by atoms with Crippen LogP contribution in [0.4, 0.5) is 23.2 Å². The monoisotopic (exact) mass is 428 g/mol. The van der Waals surface area contributed by atoms with Gasteiger partial charge in [-0.25, -0.2) is 27.5 Å². The van der Waals surface area contributed by atoms with E-state index in [1.807, 2.05) is 0 Å². The number of ether oxygens (including phenoxy) is 1. The lowest BCUT2D eigenvalue weighted by molar-refractivity contribution is 0.0177. The van der Waals surface area contributed by atoms with Crippen molar-refractivity contribution in [1.29, 1.82) is 0 Å². The normalized spacial score (nSPS) is 25.1. The summed E-state index contributed by atoms with van der Waals surface area (Å²) in [6.07, 6.45) is -2.33. The number of halogens is 5. The predicted octanol–water partition coefficient (Wildman–Crippen LogP) is 3.46. The Balaban J connectivity index is 1.71. The summed E-state index contributed by atoms with van der Waals surface area (Å²) in [7, 11) is 0. The first kappa shape index (κ1) is 19.4. The van der Waals surface area contributed by atoms with Crippen molar-refractivity contribution in [3.63, 3.8) is 0 Å². The number of hydrogen-bond donors (Lipinski definition) is 2. The largest absolute Gasteiger partial charge is 0.462 e. The maximum absolute atomic E-state index is 14.6. The number of fused-ring (bicyclic) bond motifs is 1. The molecule has 1 aromatic carbocycles. The summed E-state index contributed by atoms with van der Waals surface area (Å²) in [6, 6.07) is 3.55. The molecule has 2 aliphatic rings. The first-order valence-corrected chi connectivity index (χ1v) is 8.82. The molecule has 11 heteroatoms. The van der Waals surface area contributed by atoms with Crippen molar-refractivity contribution in [1.82, 2.24) is 4.98 Å². The van der Waals surface area contributed by atoms with Crippen molar-refractivity contribution in [2.45, 2.75) is 24.5 Å². The molecule has 6 nitrogen and oxygen atoms in total. The fourth-order valence-electron chi connectivity index (χ4n) is 3.48. The minimum Gasteiger partial charge on any atom is -0.462 e. The molecule has 2 aromatic rings. The molecule has 0 spiro atoms. The molecule has 4 rings (SSSR count). The van der Waals surface area contributed by atoms with Crippen LogP contribution in [-0.4, -0.2) is 29.4 Å². The Labute approximate surface area is 166 Å². The number of carbonyl (C=O) groups is 1. The molecule has 1 fully saturated rings. The Morgan fingerprint density at radius 2 is 2.07 bits per heavy atom. The summed E-state index contributed by atoms with van der Waals surface area (Å²) in [6.45, 7) is 0. The smallest absolute Gasteiger partial charge is 0.283 e. The van der Waals surface area contributed by atoms with E-state index in [0.29, 0.717) is 0 Å². The summed E-state index contributed by atoms with van der Waals surface area (Å²) in [5.41, 5.74) is 2.25. The second-order valence-electron chi connectivity index (χ2n) is 6.71. The fraction of sp³-hybridized carbons (Fsp3) is 0.278. The van der Waals surface area contributed by atoms with Crippen LogP contribution >= 0.6 is 11.6 Å². The molecule has 1 aromatic heterocycles. The van der Waals surface area contributed by atoms with Gasteiger partial charge >= 0.3 is 0 Å². The van der Waals surface area contributed by atoms with Crippen LogP contribution in [-0.2, 0) is 10.3 Å². The van der Waals surface area contributed by atoms with Crippen LogP contribution in [0, 0.1) is 17.6 Å². The molecule has 3 atom stereocenters.